The van der Waals surface area contributed by atoms with Crippen molar-refractivity contribution in [3.05, 3.63) is 157 Å². The zero-order chi connectivity index (χ0) is 36.0. The Morgan fingerprint density at radius 1 is 0.350 bits per heavy atom. The summed E-state index contributed by atoms with van der Waals surface area (Å²) in [5.74, 6) is 0. The molecule has 0 aliphatic heterocycles. The van der Waals surface area contributed by atoms with Gasteiger partial charge in [0.2, 0.25) is 0 Å². The zero-order valence-electron chi connectivity index (χ0n) is 32.2. The maximum atomic E-state index is 9.32. The quantitative estimate of drug-likeness (QED) is 0.204. The largest absolute Gasteiger partial charge is 0.0629 e. The third-order valence-corrected chi connectivity index (χ3v) is 7.51. The Bertz CT molecular complexity index is 2790. The van der Waals surface area contributed by atoms with Gasteiger partial charge in [0.15, 0.2) is 0 Å². The van der Waals surface area contributed by atoms with Crippen molar-refractivity contribution in [1.29, 1.82) is 0 Å². The minimum atomic E-state index is -0.534. The Labute approximate surface area is 249 Å². The molecule has 8 aromatic rings. The van der Waals surface area contributed by atoms with E-state index in [0.717, 1.165) is 10.8 Å². The van der Waals surface area contributed by atoms with Crippen molar-refractivity contribution in [2.24, 2.45) is 0 Å². The predicted molar refractivity (Wildman–Crippen MR) is 173 cm³/mol. The van der Waals surface area contributed by atoms with Gasteiger partial charge in [-0.3, -0.25) is 0 Å². The van der Waals surface area contributed by atoms with Crippen molar-refractivity contribution < 1.29 is 15.1 Å². The van der Waals surface area contributed by atoms with Crippen molar-refractivity contribution in [1.82, 2.24) is 0 Å². The monoisotopic (exact) mass is 517 g/mol. The van der Waals surface area contributed by atoms with Crippen LogP contribution in [0.25, 0.3) is 76.5 Å². The highest BCUT2D eigenvalue weighted by Crippen LogP contribution is 2.46. The van der Waals surface area contributed by atoms with E-state index < -0.39 is 30.2 Å². The van der Waals surface area contributed by atoms with Gasteiger partial charge < -0.3 is 0 Å². The smallest absolute Gasteiger partial charge is 0.0622 e. The van der Waals surface area contributed by atoms with Gasteiger partial charge in [0, 0.05) is 0 Å². The Morgan fingerprint density at radius 3 is 1.70 bits per heavy atom. The molecule has 0 heteroatoms. The zero-order valence-corrected chi connectivity index (χ0v) is 21.2. The maximum absolute atomic E-state index is 9.32. The minimum Gasteiger partial charge on any atom is -0.0622 e. The molecule has 0 saturated heterocycles. The van der Waals surface area contributed by atoms with E-state index >= 15 is 0 Å². The van der Waals surface area contributed by atoms with Gasteiger partial charge in [-0.15, -0.1) is 0 Å². The Kier molecular flexibility index (Phi) is 3.29. The summed E-state index contributed by atoms with van der Waals surface area (Å²) in [4.78, 5) is 0. The summed E-state index contributed by atoms with van der Waals surface area (Å²) in [6.07, 6.45) is 0. The van der Waals surface area contributed by atoms with Crippen LogP contribution in [0.2, 0.25) is 0 Å². The fourth-order valence-electron chi connectivity index (χ4n) is 5.75. The Balaban J connectivity index is 1.58. The molecule has 0 N–H and O–H groups in total. The fraction of sp³-hybridized carbons (Fsp3) is 0. The molecule has 8 aromatic carbocycles. The van der Waals surface area contributed by atoms with Crippen LogP contribution in [0.5, 0.6) is 0 Å². The third-order valence-electron chi connectivity index (χ3n) is 7.51. The number of hydrogen-bond acceptors (Lipinski definition) is 0. The number of benzene rings is 8. The van der Waals surface area contributed by atoms with E-state index in [-0.39, 0.29) is 41.8 Å². The molecule has 8 rings (SSSR count). The maximum Gasteiger partial charge on any atom is 0.0629 e. The van der Waals surface area contributed by atoms with Gasteiger partial charge in [-0.1, -0.05) is 151 Å². The molecule has 0 fully saturated rings. The first kappa shape index (κ1) is 14.3. The molecule has 0 unspecified atom stereocenters. The molecule has 0 heterocycles. The molecule has 0 atom stereocenters. The molecule has 40 heavy (non-hydrogen) atoms. The van der Waals surface area contributed by atoms with Gasteiger partial charge in [-0.25, -0.2) is 0 Å². The van der Waals surface area contributed by atoms with Crippen LogP contribution in [0.4, 0.5) is 0 Å². The summed E-state index contributed by atoms with van der Waals surface area (Å²) in [6, 6.07) is 23.6. The second-order valence-electron chi connectivity index (χ2n) is 9.67. The molecule has 0 aliphatic carbocycles. The van der Waals surface area contributed by atoms with Crippen molar-refractivity contribution in [3.8, 4) is 33.4 Å². The lowest BCUT2D eigenvalue weighted by atomic mass is 9.84. The van der Waals surface area contributed by atoms with Gasteiger partial charge in [-0.2, -0.15) is 0 Å². The topological polar surface area (TPSA) is 0 Å². The van der Waals surface area contributed by atoms with Crippen LogP contribution in [-0.4, -0.2) is 0 Å². The van der Waals surface area contributed by atoms with Crippen LogP contribution < -0.4 is 0 Å². The summed E-state index contributed by atoms with van der Waals surface area (Å²) >= 11 is 0. The van der Waals surface area contributed by atoms with E-state index in [1.54, 1.807) is 30.3 Å². The average molecular weight is 518 g/mol. The van der Waals surface area contributed by atoms with Gasteiger partial charge in [0.25, 0.3) is 0 Å². The lowest BCUT2D eigenvalue weighted by molar-refractivity contribution is 1.65. The average Bonchev–Trinajstić information content (AvgIpc) is 3.12. The predicted octanol–water partition coefficient (Wildman–Crippen LogP) is 11.3. The summed E-state index contributed by atoms with van der Waals surface area (Å²) in [6.45, 7) is 0. The highest BCUT2D eigenvalue weighted by Gasteiger charge is 2.18. The van der Waals surface area contributed by atoms with Crippen molar-refractivity contribution in [2.75, 3.05) is 0 Å². The van der Waals surface area contributed by atoms with Crippen LogP contribution in [0.1, 0.15) is 15.1 Å². The molecule has 0 saturated carbocycles. The molecule has 0 amide bonds. The van der Waals surface area contributed by atoms with Crippen molar-refractivity contribution >= 4 is 43.1 Å². The highest BCUT2D eigenvalue weighted by molar-refractivity contribution is 6.24. The summed E-state index contributed by atoms with van der Waals surface area (Å²) in [5.41, 5.74) is 2.09. The van der Waals surface area contributed by atoms with E-state index in [4.69, 9.17) is 13.7 Å². The normalized spacial score (nSPS) is 15.3. The van der Waals surface area contributed by atoms with Gasteiger partial charge in [0.05, 0.1) is 15.1 Å². The number of fused-ring (bicyclic) bond motifs is 4. The fourth-order valence-corrected chi connectivity index (χ4v) is 5.75. The molecule has 0 spiro atoms. The van der Waals surface area contributed by atoms with Crippen LogP contribution in [-0.2, 0) is 0 Å². The highest BCUT2D eigenvalue weighted by atomic mass is 14.2. The molecule has 0 radical (unpaired) electrons. The van der Waals surface area contributed by atoms with E-state index in [0.29, 0.717) is 60.1 Å². The molecule has 0 aliphatic rings. The minimum absolute atomic E-state index is 0.0283. The first-order valence-electron chi connectivity index (χ1n) is 18.5. The van der Waals surface area contributed by atoms with E-state index in [1.165, 1.54) is 18.2 Å². The van der Waals surface area contributed by atoms with E-state index in [9.17, 15) is 1.37 Å². The standard InChI is InChI=1S/C40H26/c1-2-13-28(14-3-1)39-35-16-6-8-18-37(35)40(38-19-9-7-17-36(38)39)34-23-11-21-32-31(20-10-22-33(32)34)30-25-24-27-12-4-5-15-29(27)26-30/h1-26H/i1D,2D,3D,6D,8D,10D,11D,13D,14D,20D,23D. The van der Waals surface area contributed by atoms with Gasteiger partial charge in [-0.05, 0) is 82.5 Å². The molecule has 0 bridgehead atoms. The van der Waals surface area contributed by atoms with E-state index in [1.807, 2.05) is 42.5 Å². The third kappa shape index (κ3) is 3.54. The van der Waals surface area contributed by atoms with Gasteiger partial charge in [0.1, 0.15) is 0 Å². The number of hydrogen-bond donors (Lipinski definition) is 0. The Morgan fingerprint density at radius 2 is 0.925 bits per heavy atom. The first-order chi connectivity index (χ1) is 24.4. The van der Waals surface area contributed by atoms with Crippen LogP contribution >= 0.6 is 0 Å². The Hall–Kier alpha value is -5.20. The first-order valence-corrected chi connectivity index (χ1v) is 13.0. The molecular formula is C40H26. The van der Waals surface area contributed by atoms with Crippen LogP contribution in [0.3, 0.4) is 0 Å². The van der Waals surface area contributed by atoms with E-state index in [2.05, 4.69) is 0 Å². The second kappa shape index (κ2) is 9.22. The summed E-state index contributed by atoms with van der Waals surface area (Å²) in [5, 5.41) is 4.62. The van der Waals surface area contributed by atoms with Crippen LogP contribution in [0, 0.1) is 0 Å². The molecular weight excluding hydrogens is 480 g/mol. The van der Waals surface area contributed by atoms with Gasteiger partial charge >= 0.3 is 0 Å². The second-order valence-corrected chi connectivity index (χ2v) is 9.67. The lowest BCUT2D eigenvalue weighted by Gasteiger charge is -2.19. The molecule has 0 nitrogen and oxygen atoms in total. The SMILES string of the molecule is [2H]c1cc2c(-c3c([2H])c([2H])c([2H])c([2H])c3[2H])c3ccccc3c(-c3c([2H])c([2H])cc4c(-c5ccc6ccccc6c5)c([2H])c([2H])cc34)c2cc1[2H]. The summed E-state index contributed by atoms with van der Waals surface area (Å²) < 4.78 is 96.3. The molecule has 186 valence electrons. The lowest BCUT2D eigenvalue weighted by Crippen LogP contribution is -1.92. The van der Waals surface area contributed by atoms with Crippen LogP contribution in [0.15, 0.2) is 157 Å². The number of rotatable bonds is 3. The summed E-state index contributed by atoms with van der Waals surface area (Å²) in [7, 11) is 0. The van der Waals surface area contributed by atoms with Crippen molar-refractivity contribution in [2.45, 2.75) is 0 Å². The molecule has 0 aromatic heterocycles. The van der Waals surface area contributed by atoms with Crippen molar-refractivity contribution in [3.63, 3.8) is 0 Å².